The summed E-state index contributed by atoms with van der Waals surface area (Å²) in [7, 11) is 6.34. The molecule has 0 saturated heterocycles. The number of phenolic OH excluding ortho intramolecular Hbond substituents is 1. The molecule has 1 aromatic heterocycles. The lowest BCUT2D eigenvalue weighted by atomic mass is 9.85. The molecule has 5 atom stereocenters. The third kappa shape index (κ3) is 7.41. The van der Waals surface area contributed by atoms with Gasteiger partial charge in [-0.3, -0.25) is 4.79 Å². The number of hydrogen-bond donors (Lipinski definition) is 1. The van der Waals surface area contributed by atoms with E-state index in [2.05, 4.69) is 52.0 Å². The van der Waals surface area contributed by atoms with Crippen LogP contribution >= 0.6 is 0 Å². The van der Waals surface area contributed by atoms with Crippen molar-refractivity contribution in [2.75, 3.05) is 28.4 Å². The maximum absolute atomic E-state index is 13.2. The molecular formula is C31H46O7. The van der Waals surface area contributed by atoms with E-state index in [-0.39, 0.29) is 51.9 Å². The Balaban J connectivity index is 2.23. The Morgan fingerprint density at radius 3 is 2.21 bits per heavy atom. The van der Waals surface area contributed by atoms with Gasteiger partial charge in [0.1, 0.15) is 16.9 Å². The molecule has 0 amide bonds. The highest BCUT2D eigenvalue weighted by Crippen LogP contribution is 2.40. The van der Waals surface area contributed by atoms with Gasteiger partial charge in [-0.2, -0.15) is 0 Å². The van der Waals surface area contributed by atoms with Gasteiger partial charge >= 0.3 is 0 Å². The topological polar surface area (TPSA) is 87.4 Å². The molecule has 212 valence electrons. The van der Waals surface area contributed by atoms with Crippen LogP contribution in [0.5, 0.6) is 17.2 Å². The van der Waals surface area contributed by atoms with Crippen LogP contribution < -0.4 is 14.9 Å². The fourth-order valence-corrected chi connectivity index (χ4v) is 5.11. The molecule has 1 heterocycles. The minimum absolute atomic E-state index is 0.0713. The van der Waals surface area contributed by atoms with Gasteiger partial charge in [-0.15, -0.1) is 0 Å². The van der Waals surface area contributed by atoms with Gasteiger partial charge in [0.05, 0.1) is 26.4 Å². The molecule has 1 N–H and O–H groups in total. The van der Waals surface area contributed by atoms with Gasteiger partial charge in [-0.05, 0) is 31.6 Å². The smallest absolute Gasteiger partial charge is 0.202 e. The number of fused-ring (bicyclic) bond motifs is 1. The molecule has 7 heteroatoms. The summed E-state index contributed by atoms with van der Waals surface area (Å²) >= 11 is 0. The van der Waals surface area contributed by atoms with Crippen molar-refractivity contribution in [1.82, 2.24) is 0 Å². The number of aryl methyl sites for hydroxylation is 1. The van der Waals surface area contributed by atoms with Crippen LogP contribution in [0, 0.1) is 24.7 Å². The number of rotatable bonds is 15. The summed E-state index contributed by atoms with van der Waals surface area (Å²) in [5.74, 6) is 1.59. The molecule has 2 aromatic rings. The lowest BCUT2D eigenvalue weighted by Gasteiger charge is -2.32. The first-order valence-corrected chi connectivity index (χ1v) is 13.5. The summed E-state index contributed by atoms with van der Waals surface area (Å²) in [5, 5.41) is 10.9. The molecule has 7 nitrogen and oxygen atoms in total. The average Bonchev–Trinajstić information content (AvgIpc) is 2.90. The van der Waals surface area contributed by atoms with E-state index in [4.69, 9.17) is 23.4 Å². The molecule has 0 aliphatic heterocycles. The summed E-state index contributed by atoms with van der Waals surface area (Å²) in [6, 6.07) is 1.49. The second-order valence-corrected chi connectivity index (χ2v) is 10.1. The summed E-state index contributed by atoms with van der Waals surface area (Å²) in [5.41, 5.74) is 0.338. The summed E-state index contributed by atoms with van der Waals surface area (Å²) in [6.45, 7) is 10.4. The average molecular weight is 531 g/mol. The number of allylic oxidation sites excluding steroid dienone is 3. The van der Waals surface area contributed by atoms with Crippen LogP contribution in [0.2, 0.25) is 0 Å². The van der Waals surface area contributed by atoms with E-state index in [1.165, 1.54) is 33.1 Å². The highest BCUT2D eigenvalue weighted by Gasteiger charge is 2.29. The van der Waals surface area contributed by atoms with Crippen molar-refractivity contribution in [3.63, 3.8) is 0 Å². The number of aromatic hydroxyl groups is 1. The van der Waals surface area contributed by atoms with Crippen LogP contribution in [0.25, 0.3) is 11.0 Å². The Kier molecular flexibility index (Phi) is 12.4. The zero-order valence-electron chi connectivity index (χ0n) is 24.5. The maximum Gasteiger partial charge on any atom is 0.202 e. The van der Waals surface area contributed by atoms with Crippen LogP contribution in [0.15, 0.2) is 39.6 Å². The molecular weight excluding hydrogens is 484 g/mol. The summed E-state index contributed by atoms with van der Waals surface area (Å²) in [6.07, 6.45) is 11.8. The predicted molar refractivity (Wildman–Crippen MR) is 153 cm³/mol. The third-order valence-electron chi connectivity index (χ3n) is 7.40. The fraction of sp³-hybridized carbons (Fsp3) is 0.581. The normalized spacial score (nSPS) is 16.1. The molecule has 1 aromatic carbocycles. The van der Waals surface area contributed by atoms with Crippen molar-refractivity contribution in [2.45, 2.75) is 72.5 Å². The minimum Gasteiger partial charge on any atom is -0.502 e. The first-order valence-electron chi connectivity index (χ1n) is 13.5. The van der Waals surface area contributed by atoms with E-state index < -0.39 is 0 Å². The van der Waals surface area contributed by atoms with Gasteiger partial charge in [0.25, 0.3) is 0 Å². The van der Waals surface area contributed by atoms with Gasteiger partial charge in [0, 0.05) is 38.2 Å². The SMILES string of the molecule is CCCC(C)/C=C/C=C/C(OC)C(C)C(OC)C(C)CCc1oc2c(O)c(OC)cc(OC)c2c(=O)c1C. The van der Waals surface area contributed by atoms with Gasteiger partial charge in [0.15, 0.2) is 16.8 Å². The molecule has 0 bridgehead atoms. The number of ether oxygens (including phenoxy) is 4. The van der Waals surface area contributed by atoms with Gasteiger partial charge < -0.3 is 28.5 Å². The Morgan fingerprint density at radius 2 is 1.63 bits per heavy atom. The van der Waals surface area contributed by atoms with Gasteiger partial charge in [0.2, 0.25) is 5.75 Å². The predicted octanol–water partition coefficient (Wildman–Crippen LogP) is 6.61. The number of phenols is 1. The molecule has 0 aliphatic carbocycles. The molecule has 0 aliphatic rings. The zero-order chi connectivity index (χ0) is 28.4. The van der Waals surface area contributed by atoms with E-state index in [0.29, 0.717) is 35.8 Å². The molecule has 5 unspecified atom stereocenters. The monoisotopic (exact) mass is 530 g/mol. The van der Waals surface area contributed by atoms with Crippen molar-refractivity contribution in [1.29, 1.82) is 0 Å². The van der Waals surface area contributed by atoms with E-state index in [1.807, 2.05) is 0 Å². The van der Waals surface area contributed by atoms with Crippen LogP contribution in [-0.4, -0.2) is 45.8 Å². The van der Waals surface area contributed by atoms with Crippen LogP contribution in [0.3, 0.4) is 0 Å². The van der Waals surface area contributed by atoms with Crippen molar-refractivity contribution in [2.24, 2.45) is 17.8 Å². The maximum atomic E-state index is 13.2. The molecule has 0 fully saturated rings. The Bertz CT molecular complexity index is 1150. The Labute approximate surface area is 227 Å². The molecule has 0 spiro atoms. The fourth-order valence-electron chi connectivity index (χ4n) is 5.11. The minimum atomic E-state index is -0.230. The van der Waals surface area contributed by atoms with Crippen molar-refractivity contribution >= 4 is 11.0 Å². The van der Waals surface area contributed by atoms with Crippen LogP contribution in [-0.2, 0) is 15.9 Å². The zero-order valence-corrected chi connectivity index (χ0v) is 24.5. The number of benzene rings is 1. The van der Waals surface area contributed by atoms with Crippen LogP contribution in [0.1, 0.15) is 58.3 Å². The standard InChI is InChI=1S/C31H46O7/c1-10-13-19(2)14-11-12-15-23(34-6)22(5)30(37-9)20(3)16-17-24-21(4)28(32)27-25(35-7)18-26(36-8)29(33)31(27)38-24/h11-12,14-15,18-20,22-23,30,33H,10,13,16-17H2,1-9H3/b14-11+,15-12+. The molecule has 0 radical (unpaired) electrons. The Hall–Kier alpha value is -2.77. The second kappa shape index (κ2) is 15.0. The summed E-state index contributed by atoms with van der Waals surface area (Å²) in [4.78, 5) is 13.2. The van der Waals surface area contributed by atoms with Gasteiger partial charge in [-0.1, -0.05) is 58.4 Å². The Morgan fingerprint density at radius 1 is 0.974 bits per heavy atom. The first-order chi connectivity index (χ1) is 18.1. The van der Waals surface area contributed by atoms with Crippen molar-refractivity contribution in [3.8, 4) is 17.2 Å². The van der Waals surface area contributed by atoms with E-state index in [0.717, 1.165) is 0 Å². The molecule has 38 heavy (non-hydrogen) atoms. The second-order valence-electron chi connectivity index (χ2n) is 10.1. The quantitative estimate of drug-likeness (QED) is 0.259. The number of hydrogen-bond acceptors (Lipinski definition) is 7. The van der Waals surface area contributed by atoms with Gasteiger partial charge in [-0.25, -0.2) is 0 Å². The van der Waals surface area contributed by atoms with Crippen LogP contribution in [0.4, 0.5) is 0 Å². The van der Waals surface area contributed by atoms with E-state index >= 15 is 0 Å². The van der Waals surface area contributed by atoms with Crippen molar-refractivity contribution < 1.29 is 28.5 Å². The largest absolute Gasteiger partial charge is 0.502 e. The van der Waals surface area contributed by atoms with Crippen molar-refractivity contribution in [3.05, 3.63) is 51.9 Å². The highest BCUT2D eigenvalue weighted by atomic mass is 16.5. The lowest BCUT2D eigenvalue weighted by Crippen LogP contribution is -2.36. The first kappa shape index (κ1) is 31.4. The molecule has 2 rings (SSSR count). The molecule has 0 saturated carbocycles. The number of methoxy groups -OCH3 is 4. The van der Waals surface area contributed by atoms with E-state index in [1.54, 1.807) is 21.1 Å². The highest BCUT2D eigenvalue weighted by molar-refractivity contribution is 5.91. The lowest BCUT2D eigenvalue weighted by molar-refractivity contribution is -0.0343. The summed E-state index contributed by atoms with van der Waals surface area (Å²) < 4.78 is 28.4. The van der Waals surface area contributed by atoms with E-state index in [9.17, 15) is 9.90 Å². The third-order valence-corrected chi connectivity index (χ3v) is 7.40.